The number of nitrogens with two attached hydrogens (primary N) is 1. The maximum atomic E-state index is 13.5. The molecule has 0 heterocycles. The van der Waals surface area contributed by atoms with Gasteiger partial charge >= 0.3 is 0 Å². The predicted molar refractivity (Wildman–Crippen MR) is 70.6 cm³/mol. The van der Waals surface area contributed by atoms with E-state index in [-0.39, 0.29) is 11.6 Å². The molecule has 19 heavy (non-hydrogen) atoms. The van der Waals surface area contributed by atoms with Crippen LogP contribution in [0.25, 0.3) is 0 Å². The number of carbonyl (C=O) groups is 1. The molecule has 1 rings (SSSR count). The minimum absolute atomic E-state index is 0.0246. The van der Waals surface area contributed by atoms with Gasteiger partial charge in [0.05, 0.1) is 0 Å². The summed E-state index contributed by atoms with van der Waals surface area (Å²) >= 11 is 0. The van der Waals surface area contributed by atoms with Crippen molar-refractivity contribution < 1.29 is 13.6 Å². The number of halogens is 2. The van der Waals surface area contributed by atoms with Crippen molar-refractivity contribution in [3.05, 3.63) is 29.3 Å². The Kier molecular flexibility index (Phi) is 5.23. The third-order valence-electron chi connectivity index (χ3n) is 3.24. The highest BCUT2D eigenvalue weighted by Gasteiger charge is 2.21. The number of carbonyl (C=O) groups excluding carboxylic acids is 1. The van der Waals surface area contributed by atoms with Gasteiger partial charge in [-0.15, -0.1) is 0 Å². The second kappa shape index (κ2) is 6.47. The summed E-state index contributed by atoms with van der Waals surface area (Å²) in [6.45, 7) is 3.92. The van der Waals surface area contributed by atoms with Gasteiger partial charge in [-0.2, -0.15) is 0 Å². The molecule has 0 spiro atoms. The molecule has 0 radical (unpaired) electrons. The summed E-state index contributed by atoms with van der Waals surface area (Å²) in [5.74, 6) is 2.83. The number of anilines is 1. The molecule has 106 valence electrons. The van der Waals surface area contributed by atoms with Gasteiger partial charge < -0.3 is 10.3 Å². The third-order valence-corrected chi connectivity index (χ3v) is 3.24. The van der Waals surface area contributed by atoms with Crippen LogP contribution in [-0.2, 0) is 0 Å². The lowest BCUT2D eigenvalue weighted by atomic mass is 10.1. The van der Waals surface area contributed by atoms with Gasteiger partial charge in [0.25, 0.3) is 5.91 Å². The molecule has 1 aromatic rings. The monoisotopic (exact) mass is 271 g/mol. The Labute approximate surface area is 111 Å². The highest BCUT2D eigenvalue weighted by Crippen LogP contribution is 2.21. The normalized spacial score (nSPS) is 10.7. The van der Waals surface area contributed by atoms with Crippen LogP contribution in [-0.4, -0.2) is 23.9 Å². The number of hydrogen-bond donors (Lipinski definition) is 2. The van der Waals surface area contributed by atoms with Crippen molar-refractivity contribution in [2.24, 2.45) is 5.84 Å². The lowest BCUT2D eigenvalue weighted by Gasteiger charge is -2.26. The zero-order chi connectivity index (χ0) is 14.6. The van der Waals surface area contributed by atoms with Gasteiger partial charge in [0, 0.05) is 18.7 Å². The number of nitrogens with one attached hydrogen (secondary N) is 1. The van der Waals surface area contributed by atoms with Crippen LogP contribution in [0.4, 0.5) is 14.5 Å². The fourth-order valence-electron chi connectivity index (χ4n) is 2.04. The zero-order valence-electron chi connectivity index (χ0n) is 11.3. The van der Waals surface area contributed by atoms with Crippen LogP contribution in [0.5, 0.6) is 0 Å². The van der Waals surface area contributed by atoms with Crippen molar-refractivity contribution in [3.63, 3.8) is 0 Å². The smallest absolute Gasteiger partial charge is 0.254 e. The van der Waals surface area contributed by atoms with E-state index < -0.39 is 23.2 Å². The Morgan fingerprint density at radius 1 is 1.32 bits per heavy atom. The lowest BCUT2D eigenvalue weighted by Crippen LogP contribution is -2.36. The second-order valence-corrected chi connectivity index (χ2v) is 4.35. The first-order chi connectivity index (χ1) is 8.96. The van der Waals surface area contributed by atoms with Crippen molar-refractivity contribution in [3.8, 4) is 0 Å². The summed E-state index contributed by atoms with van der Waals surface area (Å²) in [5.41, 5.74) is 1.46. The highest BCUT2D eigenvalue weighted by atomic mass is 19.1. The van der Waals surface area contributed by atoms with Crippen LogP contribution in [0.15, 0.2) is 12.1 Å². The van der Waals surface area contributed by atoms with Crippen molar-refractivity contribution in [2.45, 2.75) is 32.7 Å². The molecular formula is C13H19F2N3O. The fourth-order valence-corrected chi connectivity index (χ4v) is 2.04. The Morgan fingerprint density at radius 2 is 1.79 bits per heavy atom. The first kappa shape index (κ1) is 15.4. The third kappa shape index (κ3) is 3.20. The zero-order valence-corrected chi connectivity index (χ0v) is 11.3. The fraction of sp³-hybridized carbons (Fsp3) is 0.462. The molecule has 0 fully saturated rings. The van der Waals surface area contributed by atoms with Crippen molar-refractivity contribution in [2.75, 3.05) is 12.5 Å². The van der Waals surface area contributed by atoms with Gasteiger partial charge in [-0.25, -0.2) is 8.78 Å². The summed E-state index contributed by atoms with van der Waals surface area (Å²) in [6, 6.07) is 2.02. The standard InChI is InChI=1S/C13H19F2N3O/c1-4-9(5-2)18(3)13(19)8-6-10(14)12(17-16)11(15)7-8/h6-7,9,17H,4-5,16H2,1-3H3. The first-order valence-corrected chi connectivity index (χ1v) is 6.19. The molecule has 0 saturated heterocycles. The van der Waals surface area contributed by atoms with Gasteiger partial charge in [0.1, 0.15) is 5.69 Å². The first-order valence-electron chi connectivity index (χ1n) is 6.19. The number of nitrogens with zero attached hydrogens (tertiary/aromatic N) is 1. The predicted octanol–water partition coefficient (Wildman–Crippen LogP) is 2.51. The molecule has 1 aromatic carbocycles. The van der Waals surface area contributed by atoms with Gasteiger partial charge in [-0.05, 0) is 25.0 Å². The van der Waals surface area contributed by atoms with E-state index in [0.29, 0.717) is 0 Å². The molecule has 0 aliphatic rings. The van der Waals surface area contributed by atoms with E-state index in [2.05, 4.69) is 0 Å². The lowest BCUT2D eigenvalue weighted by molar-refractivity contribution is 0.0722. The Morgan fingerprint density at radius 3 is 2.16 bits per heavy atom. The average molecular weight is 271 g/mol. The minimum atomic E-state index is -0.885. The van der Waals surface area contributed by atoms with E-state index in [9.17, 15) is 13.6 Å². The van der Waals surface area contributed by atoms with Gasteiger partial charge in [-0.1, -0.05) is 13.8 Å². The number of hydrogen-bond acceptors (Lipinski definition) is 3. The van der Waals surface area contributed by atoms with Crippen LogP contribution in [0.2, 0.25) is 0 Å². The number of nitrogen functional groups attached to an aromatic ring is 1. The Balaban J connectivity index is 3.07. The van der Waals surface area contributed by atoms with E-state index in [0.717, 1.165) is 25.0 Å². The molecule has 0 aromatic heterocycles. The quantitative estimate of drug-likeness (QED) is 0.639. The summed E-state index contributed by atoms with van der Waals surface area (Å²) in [7, 11) is 1.63. The second-order valence-electron chi connectivity index (χ2n) is 4.35. The molecule has 0 bridgehead atoms. The van der Waals surface area contributed by atoms with E-state index in [1.54, 1.807) is 7.05 Å². The van der Waals surface area contributed by atoms with Crippen LogP contribution < -0.4 is 11.3 Å². The molecular weight excluding hydrogens is 252 g/mol. The largest absolute Gasteiger partial charge is 0.339 e. The maximum absolute atomic E-state index is 13.5. The number of benzene rings is 1. The molecule has 0 unspecified atom stereocenters. The molecule has 6 heteroatoms. The van der Waals surface area contributed by atoms with Gasteiger partial charge in [0.15, 0.2) is 11.6 Å². The van der Waals surface area contributed by atoms with Crippen LogP contribution in [0, 0.1) is 11.6 Å². The van der Waals surface area contributed by atoms with Gasteiger partial charge in [-0.3, -0.25) is 10.6 Å². The molecule has 3 N–H and O–H groups in total. The molecule has 0 saturated carbocycles. The Hall–Kier alpha value is -1.69. The van der Waals surface area contributed by atoms with E-state index in [4.69, 9.17) is 5.84 Å². The van der Waals surface area contributed by atoms with E-state index >= 15 is 0 Å². The number of rotatable bonds is 5. The number of amides is 1. The van der Waals surface area contributed by atoms with Crippen LogP contribution >= 0.6 is 0 Å². The molecule has 0 aliphatic heterocycles. The Bertz CT molecular complexity index is 438. The van der Waals surface area contributed by atoms with Crippen molar-refractivity contribution >= 4 is 11.6 Å². The summed E-state index contributed by atoms with van der Waals surface area (Å²) < 4.78 is 27.1. The van der Waals surface area contributed by atoms with Crippen LogP contribution in [0.3, 0.4) is 0 Å². The number of hydrazine groups is 1. The molecule has 4 nitrogen and oxygen atoms in total. The van der Waals surface area contributed by atoms with E-state index in [1.165, 1.54) is 4.90 Å². The average Bonchev–Trinajstić information content (AvgIpc) is 2.38. The summed E-state index contributed by atoms with van der Waals surface area (Å²) in [5, 5.41) is 0. The summed E-state index contributed by atoms with van der Waals surface area (Å²) in [4.78, 5) is 13.7. The summed E-state index contributed by atoms with van der Waals surface area (Å²) in [6.07, 6.45) is 1.57. The minimum Gasteiger partial charge on any atom is -0.339 e. The molecule has 0 atom stereocenters. The van der Waals surface area contributed by atoms with Crippen molar-refractivity contribution in [1.29, 1.82) is 0 Å². The molecule has 0 aliphatic carbocycles. The SMILES string of the molecule is CCC(CC)N(C)C(=O)c1cc(F)c(NN)c(F)c1. The maximum Gasteiger partial charge on any atom is 0.254 e. The van der Waals surface area contributed by atoms with E-state index in [1.807, 2.05) is 19.3 Å². The molecule has 1 amide bonds. The topological polar surface area (TPSA) is 58.4 Å². The van der Waals surface area contributed by atoms with Crippen LogP contribution in [0.1, 0.15) is 37.0 Å². The highest BCUT2D eigenvalue weighted by molar-refractivity contribution is 5.94. The van der Waals surface area contributed by atoms with Crippen molar-refractivity contribution in [1.82, 2.24) is 4.90 Å². The van der Waals surface area contributed by atoms with Gasteiger partial charge in [0.2, 0.25) is 0 Å².